The number of hydrogen-bond acceptors (Lipinski definition) is 4. The van der Waals surface area contributed by atoms with Crippen LogP contribution in [0, 0.1) is 0 Å². The zero-order chi connectivity index (χ0) is 15.0. The molecule has 106 valence electrons. The summed E-state index contributed by atoms with van der Waals surface area (Å²) < 4.78 is 5.72. The van der Waals surface area contributed by atoms with Crippen molar-refractivity contribution in [1.29, 1.82) is 0 Å². The summed E-state index contributed by atoms with van der Waals surface area (Å²) in [5, 5.41) is 3.49. The Labute approximate surface area is 140 Å². The molecule has 1 aliphatic rings. The van der Waals surface area contributed by atoms with Crippen LogP contribution in [0.15, 0.2) is 39.7 Å². The Hall–Kier alpha value is -1.27. The van der Waals surface area contributed by atoms with E-state index in [2.05, 4.69) is 5.32 Å². The summed E-state index contributed by atoms with van der Waals surface area (Å²) in [5.41, 5.74) is 0.713. The number of carbonyl (C=O) groups excluding carboxylic acids is 1. The van der Waals surface area contributed by atoms with E-state index in [0.29, 0.717) is 37.0 Å². The second kappa shape index (κ2) is 5.85. The summed E-state index contributed by atoms with van der Waals surface area (Å²) in [6.45, 7) is 0. The zero-order valence-corrected chi connectivity index (χ0v) is 13.5. The molecule has 1 amide bonds. The third-order valence-corrected chi connectivity index (χ3v) is 4.58. The molecule has 2 heterocycles. The zero-order valence-electron chi connectivity index (χ0n) is 10.4. The number of benzene rings is 1. The average molecular weight is 356 g/mol. The highest BCUT2D eigenvalue weighted by Crippen LogP contribution is 2.33. The van der Waals surface area contributed by atoms with Crippen molar-refractivity contribution in [1.82, 2.24) is 5.32 Å². The van der Waals surface area contributed by atoms with E-state index in [1.165, 1.54) is 0 Å². The molecule has 1 aliphatic heterocycles. The van der Waals surface area contributed by atoms with Crippen molar-refractivity contribution >= 4 is 63.5 Å². The third-order valence-electron chi connectivity index (χ3n) is 2.74. The second-order valence-electron chi connectivity index (χ2n) is 4.18. The molecular weight excluding hydrogens is 349 g/mol. The third kappa shape index (κ3) is 3.16. The number of furan rings is 1. The number of thiocarbonyl (C=S) groups is 1. The Bertz CT molecular complexity index is 783. The predicted octanol–water partition coefficient (Wildman–Crippen LogP) is 5.38. The molecular formula is C14H7Cl2NO2S2. The van der Waals surface area contributed by atoms with E-state index in [9.17, 15) is 4.79 Å². The number of rotatable bonds is 2. The Morgan fingerprint density at radius 3 is 2.76 bits per heavy atom. The molecule has 2 aromatic rings. The summed E-state index contributed by atoms with van der Waals surface area (Å²) in [5.74, 6) is 1.19. The lowest BCUT2D eigenvalue weighted by Gasteiger charge is -2.01. The minimum atomic E-state index is -0.184. The fraction of sp³-hybridized carbons (Fsp3) is 0. The fourth-order valence-corrected chi connectivity index (χ4v) is 3.21. The average Bonchev–Trinajstić information content (AvgIpc) is 3.00. The summed E-state index contributed by atoms with van der Waals surface area (Å²) in [6, 6.07) is 8.74. The van der Waals surface area contributed by atoms with Crippen LogP contribution in [-0.4, -0.2) is 10.2 Å². The largest absolute Gasteiger partial charge is 0.457 e. The van der Waals surface area contributed by atoms with Gasteiger partial charge in [-0.05, 0) is 48.2 Å². The smallest absolute Gasteiger partial charge is 0.289 e. The number of carbonyl (C=O) groups is 1. The minimum Gasteiger partial charge on any atom is -0.457 e. The van der Waals surface area contributed by atoms with Gasteiger partial charge in [-0.3, -0.25) is 4.79 Å². The number of amides is 1. The number of nitrogens with one attached hydrogen (secondary N) is 1. The van der Waals surface area contributed by atoms with E-state index in [4.69, 9.17) is 39.8 Å². The van der Waals surface area contributed by atoms with Gasteiger partial charge in [-0.15, -0.1) is 0 Å². The molecule has 1 saturated heterocycles. The van der Waals surface area contributed by atoms with Crippen molar-refractivity contribution in [3.63, 3.8) is 0 Å². The Balaban J connectivity index is 1.94. The first-order chi connectivity index (χ1) is 10.0. The van der Waals surface area contributed by atoms with E-state index in [1.54, 1.807) is 36.4 Å². The monoisotopic (exact) mass is 355 g/mol. The van der Waals surface area contributed by atoms with Gasteiger partial charge in [0.15, 0.2) is 0 Å². The van der Waals surface area contributed by atoms with E-state index in [1.807, 2.05) is 0 Å². The lowest BCUT2D eigenvalue weighted by molar-refractivity contribution is 0.265. The molecule has 1 fully saturated rings. The van der Waals surface area contributed by atoms with Crippen molar-refractivity contribution in [2.75, 3.05) is 0 Å². The molecule has 1 aromatic heterocycles. The number of thioether (sulfide) groups is 1. The summed E-state index contributed by atoms with van der Waals surface area (Å²) >= 11 is 18.2. The van der Waals surface area contributed by atoms with Crippen LogP contribution < -0.4 is 5.32 Å². The quantitative estimate of drug-likeness (QED) is 0.580. The maximum absolute atomic E-state index is 11.2. The van der Waals surface area contributed by atoms with E-state index >= 15 is 0 Å². The van der Waals surface area contributed by atoms with E-state index < -0.39 is 0 Å². The van der Waals surface area contributed by atoms with Crippen LogP contribution in [0.2, 0.25) is 10.0 Å². The molecule has 1 N–H and O–H groups in total. The van der Waals surface area contributed by atoms with Crippen LogP contribution >= 0.6 is 47.2 Å². The standard InChI is InChI=1S/C14H7Cl2NO2S2/c15-7-1-3-10(16)9(5-7)11-4-2-8(19-11)6-12-13(20)17-14(18)21-12/h1-6H,(H,17,18,20). The van der Waals surface area contributed by atoms with Crippen molar-refractivity contribution in [3.8, 4) is 11.3 Å². The van der Waals surface area contributed by atoms with Crippen LogP contribution in [0.5, 0.6) is 0 Å². The lowest BCUT2D eigenvalue weighted by Crippen LogP contribution is -2.15. The van der Waals surface area contributed by atoms with Gasteiger partial charge in [0.05, 0.1) is 9.93 Å². The van der Waals surface area contributed by atoms with Gasteiger partial charge in [0.1, 0.15) is 16.5 Å². The van der Waals surface area contributed by atoms with E-state index in [-0.39, 0.29) is 5.24 Å². The fourth-order valence-electron chi connectivity index (χ4n) is 1.81. The van der Waals surface area contributed by atoms with Crippen LogP contribution in [0.3, 0.4) is 0 Å². The molecule has 0 saturated carbocycles. The topological polar surface area (TPSA) is 42.2 Å². The van der Waals surface area contributed by atoms with Gasteiger partial charge in [0.2, 0.25) is 0 Å². The predicted molar refractivity (Wildman–Crippen MR) is 90.9 cm³/mol. The van der Waals surface area contributed by atoms with Gasteiger partial charge in [-0.25, -0.2) is 0 Å². The van der Waals surface area contributed by atoms with Crippen molar-refractivity contribution < 1.29 is 9.21 Å². The minimum absolute atomic E-state index is 0.184. The Morgan fingerprint density at radius 1 is 1.24 bits per heavy atom. The van der Waals surface area contributed by atoms with Gasteiger partial charge in [-0.2, -0.15) is 0 Å². The maximum Gasteiger partial charge on any atom is 0.289 e. The highest BCUT2D eigenvalue weighted by atomic mass is 35.5. The number of hydrogen-bond donors (Lipinski definition) is 1. The summed E-state index contributed by atoms with van der Waals surface area (Å²) in [4.78, 5) is 12.3. The first-order valence-corrected chi connectivity index (χ1v) is 7.81. The summed E-state index contributed by atoms with van der Waals surface area (Å²) in [6.07, 6.45) is 1.72. The van der Waals surface area contributed by atoms with E-state index in [0.717, 1.165) is 11.8 Å². The van der Waals surface area contributed by atoms with Gasteiger partial charge in [-0.1, -0.05) is 35.4 Å². The molecule has 0 atom stereocenters. The van der Waals surface area contributed by atoms with Crippen LogP contribution in [0.25, 0.3) is 17.4 Å². The van der Waals surface area contributed by atoms with Gasteiger partial charge in [0.25, 0.3) is 5.24 Å². The molecule has 1 aromatic carbocycles. The van der Waals surface area contributed by atoms with Crippen LogP contribution in [0.1, 0.15) is 5.76 Å². The molecule has 0 radical (unpaired) electrons. The van der Waals surface area contributed by atoms with Gasteiger partial charge >= 0.3 is 0 Å². The number of halogens is 2. The first kappa shape index (κ1) is 14.7. The molecule has 0 bridgehead atoms. The lowest BCUT2D eigenvalue weighted by atomic mass is 10.2. The molecule has 3 nitrogen and oxygen atoms in total. The van der Waals surface area contributed by atoms with Crippen LogP contribution in [-0.2, 0) is 0 Å². The molecule has 0 unspecified atom stereocenters. The Morgan fingerprint density at radius 2 is 2.05 bits per heavy atom. The normalized spacial score (nSPS) is 16.6. The van der Waals surface area contributed by atoms with Crippen LogP contribution in [0.4, 0.5) is 4.79 Å². The second-order valence-corrected chi connectivity index (χ2v) is 6.45. The van der Waals surface area contributed by atoms with Gasteiger partial charge < -0.3 is 9.73 Å². The summed E-state index contributed by atoms with van der Waals surface area (Å²) in [7, 11) is 0. The molecule has 7 heteroatoms. The maximum atomic E-state index is 11.2. The first-order valence-electron chi connectivity index (χ1n) is 5.83. The van der Waals surface area contributed by atoms with Crippen molar-refractivity contribution in [2.24, 2.45) is 0 Å². The SMILES string of the molecule is O=C1NC(=S)C(=Cc2ccc(-c3cc(Cl)ccc3Cl)o2)S1. The Kier molecular flexibility index (Phi) is 4.08. The van der Waals surface area contributed by atoms with Crippen molar-refractivity contribution in [3.05, 3.63) is 51.0 Å². The van der Waals surface area contributed by atoms with Gasteiger partial charge in [0, 0.05) is 10.6 Å². The molecule has 21 heavy (non-hydrogen) atoms. The highest BCUT2D eigenvalue weighted by Gasteiger charge is 2.22. The van der Waals surface area contributed by atoms with Crippen molar-refractivity contribution in [2.45, 2.75) is 0 Å². The highest BCUT2D eigenvalue weighted by molar-refractivity contribution is 8.19. The molecule has 3 rings (SSSR count). The molecule has 0 spiro atoms. The molecule has 0 aliphatic carbocycles.